The molecule has 274 valence electrons. The fourth-order valence-electron chi connectivity index (χ4n) is 11.0. The van der Waals surface area contributed by atoms with Gasteiger partial charge in [-0.05, 0) is 86.3 Å². The highest BCUT2D eigenvalue weighted by molar-refractivity contribution is 6.31. The first-order valence-corrected chi connectivity index (χ1v) is 20.5. The fourth-order valence-corrected chi connectivity index (χ4v) is 11.0. The second-order valence-corrected chi connectivity index (χ2v) is 16.9. The molecule has 1 aliphatic rings. The monoisotopic (exact) mass is 750 g/mol. The lowest BCUT2D eigenvalue weighted by molar-refractivity contribution is 0.660. The smallest absolute Gasteiger partial charge is 0.235 e. The molecular formula is C55H34N4. The number of benzene rings is 9. The number of rotatable bonds is 2. The Kier molecular flexibility index (Phi) is 5.81. The molecule has 9 aromatic carbocycles. The molecule has 14 rings (SSSR count). The van der Waals surface area contributed by atoms with Crippen LogP contribution in [0.15, 0.2) is 170 Å². The SMILES string of the molecule is CC1(C)c2ccccc2-c2ccc(-c3nc(-n4c5cccc6c7cccc8c9cc%10ccccc%10cc9n(c9cccc4c9c65)c78)nc4c3ccc3ccccc34)cc21. The average Bonchev–Trinajstić information content (AvgIpc) is 3.84. The van der Waals surface area contributed by atoms with Crippen molar-refractivity contribution in [3.05, 3.63) is 181 Å². The normalized spacial score (nSPS) is 13.7. The van der Waals surface area contributed by atoms with Gasteiger partial charge in [-0.3, -0.25) is 4.57 Å². The molecule has 0 fully saturated rings. The molecule has 0 amide bonds. The maximum absolute atomic E-state index is 5.65. The molecule has 0 N–H and O–H groups in total. The Balaban J connectivity index is 1.13. The van der Waals surface area contributed by atoms with Crippen LogP contribution in [0, 0.1) is 0 Å². The summed E-state index contributed by atoms with van der Waals surface area (Å²) in [4.78, 5) is 11.2. The molecule has 4 aromatic heterocycles. The van der Waals surface area contributed by atoms with E-state index in [9.17, 15) is 0 Å². The first-order valence-electron chi connectivity index (χ1n) is 20.5. The van der Waals surface area contributed by atoms with Gasteiger partial charge in [0, 0.05) is 48.7 Å². The van der Waals surface area contributed by atoms with E-state index in [-0.39, 0.29) is 5.41 Å². The molecule has 59 heavy (non-hydrogen) atoms. The highest BCUT2D eigenvalue weighted by Crippen LogP contribution is 2.50. The van der Waals surface area contributed by atoms with Crippen LogP contribution in [-0.2, 0) is 5.41 Å². The van der Waals surface area contributed by atoms with Gasteiger partial charge in [-0.25, -0.2) is 9.97 Å². The molecule has 0 unspecified atom stereocenters. The van der Waals surface area contributed by atoms with Crippen LogP contribution in [0.2, 0.25) is 0 Å². The van der Waals surface area contributed by atoms with E-state index in [4.69, 9.17) is 9.97 Å². The number of para-hydroxylation sites is 1. The molecule has 4 heterocycles. The molecule has 0 saturated carbocycles. The zero-order valence-electron chi connectivity index (χ0n) is 32.5. The van der Waals surface area contributed by atoms with Crippen molar-refractivity contribution >= 4 is 92.3 Å². The quantitative estimate of drug-likeness (QED) is 0.165. The molecule has 0 saturated heterocycles. The zero-order chi connectivity index (χ0) is 38.7. The van der Waals surface area contributed by atoms with Gasteiger partial charge >= 0.3 is 0 Å². The molecular weight excluding hydrogens is 717 g/mol. The summed E-state index contributed by atoms with van der Waals surface area (Å²) in [5.74, 6) is 0.670. The second kappa shape index (κ2) is 10.9. The fraction of sp³-hybridized carbons (Fsp3) is 0.0545. The topological polar surface area (TPSA) is 35.1 Å². The van der Waals surface area contributed by atoms with Crippen LogP contribution in [-0.4, -0.2) is 18.9 Å². The van der Waals surface area contributed by atoms with Crippen molar-refractivity contribution in [3.63, 3.8) is 0 Å². The molecule has 0 bridgehead atoms. The van der Waals surface area contributed by atoms with E-state index in [1.54, 1.807) is 0 Å². The van der Waals surface area contributed by atoms with E-state index in [0.29, 0.717) is 5.95 Å². The maximum atomic E-state index is 5.65. The van der Waals surface area contributed by atoms with Crippen molar-refractivity contribution in [3.8, 4) is 28.3 Å². The van der Waals surface area contributed by atoms with E-state index in [0.717, 1.165) is 44.0 Å². The number of hydrogen-bond acceptors (Lipinski definition) is 2. The van der Waals surface area contributed by atoms with Gasteiger partial charge in [-0.1, -0.05) is 141 Å². The molecule has 4 heteroatoms. The Bertz CT molecular complexity index is 3990. The predicted molar refractivity (Wildman–Crippen MR) is 247 cm³/mol. The number of fused-ring (bicyclic) bond motifs is 12. The standard InChI is InChI=1S/C55H34N4/c1-55(2)43-20-8-7-16-36(43)37-26-25-34(29-44(37)55)51-41-27-24-31-12-5-6-15-35(31)52(41)57-54(56-51)59-45-21-10-17-38-39-18-9-19-40-42-28-32-13-3-4-14-33(32)30-48(42)58(53(39)40)46-22-11-23-47(59)50(46)49(38)45/h3-30H,1-2H3. The van der Waals surface area contributed by atoms with Gasteiger partial charge < -0.3 is 4.40 Å². The lowest BCUT2D eigenvalue weighted by Crippen LogP contribution is -2.15. The van der Waals surface area contributed by atoms with Gasteiger partial charge in [-0.2, -0.15) is 0 Å². The summed E-state index contributed by atoms with van der Waals surface area (Å²) in [7, 11) is 0. The largest absolute Gasteiger partial charge is 0.308 e. The average molecular weight is 751 g/mol. The van der Waals surface area contributed by atoms with Crippen molar-refractivity contribution in [2.45, 2.75) is 19.3 Å². The summed E-state index contributed by atoms with van der Waals surface area (Å²) in [5, 5.41) is 13.2. The Hall–Kier alpha value is -7.56. The van der Waals surface area contributed by atoms with E-state index in [1.807, 2.05) is 0 Å². The van der Waals surface area contributed by atoms with Gasteiger partial charge in [-0.15, -0.1) is 0 Å². The van der Waals surface area contributed by atoms with Crippen LogP contribution in [0.5, 0.6) is 0 Å². The highest BCUT2D eigenvalue weighted by Gasteiger charge is 2.35. The maximum Gasteiger partial charge on any atom is 0.235 e. The third kappa shape index (κ3) is 3.93. The number of aromatic nitrogens is 4. The van der Waals surface area contributed by atoms with Crippen molar-refractivity contribution in [1.82, 2.24) is 18.9 Å². The Morgan fingerprint density at radius 1 is 0.424 bits per heavy atom. The first-order chi connectivity index (χ1) is 29.0. The van der Waals surface area contributed by atoms with Crippen molar-refractivity contribution in [2.75, 3.05) is 0 Å². The summed E-state index contributed by atoms with van der Waals surface area (Å²) in [5.41, 5.74) is 14.0. The zero-order valence-corrected chi connectivity index (χ0v) is 32.5. The van der Waals surface area contributed by atoms with E-state index in [1.165, 1.54) is 81.9 Å². The summed E-state index contributed by atoms with van der Waals surface area (Å²) < 4.78 is 4.84. The lowest BCUT2D eigenvalue weighted by atomic mass is 9.82. The molecule has 0 aliphatic heterocycles. The van der Waals surface area contributed by atoms with Crippen molar-refractivity contribution < 1.29 is 0 Å². The summed E-state index contributed by atoms with van der Waals surface area (Å²) in [6.45, 7) is 4.69. The van der Waals surface area contributed by atoms with Crippen LogP contribution in [0.1, 0.15) is 25.0 Å². The van der Waals surface area contributed by atoms with Gasteiger partial charge in [0.15, 0.2) is 0 Å². The summed E-state index contributed by atoms with van der Waals surface area (Å²) in [6.07, 6.45) is 0. The Morgan fingerprint density at radius 3 is 1.97 bits per heavy atom. The van der Waals surface area contributed by atoms with Gasteiger partial charge in [0.2, 0.25) is 5.95 Å². The van der Waals surface area contributed by atoms with Crippen molar-refractivity contribution in [2.24, 2.45) is 0 Å². The van der Waals surface area contributed by atoms with Gasteiger partial charge in [0.1, 0.15) is 0 Å². The minimum Gasteiger partial charge on any atom is -0.308 e. The lowest BCUT2D eigenvalue weighted by Gasteiger charge is -2.22. The van der Waals surface area contributed by atoms with Crippen LogP contribution in [0.4, 0.5) is 0 Å². The molecule has 1 aliphatic carbocycles. The van der Waals surface area contributed by atoms with E-state index in [2.05, 4.69) is 193 Å². The van der Waals surface area contributed by atoms with Gasteiger partial charge in [0.25, 0.3) is 0 Å². The van der Waals surface area contributed by atoms with Crippen molar-refractivity contribution in [1.29, 1.82) is 0 Å². The molecule has 13 aromatic rings. The highest BCUT2D eigenvalue weighted by atomic mass is 15.2. The first kappa shape index (κ1) is 31.5. The number of hydrogen-bond donors (Lipinski definition) is 0. The molecule has 4 nitrogen and oxygen atoms in total. The van der Waals surface area contributed by atoms with Crippen LogP contribution < -0.4 is 0 Å². The Labute approximate surface area is 338 Å². The summed E-state index contributed by atoms with van der Waals surface area (Å²) >= 11 is 0. The summed E-state index contributed by atoms with van der Waals surface area (Å²) in [6, 6.07) is 62.6. The minimum atomic E-state index is -0.135. The predicted octanol–water partition coefficient (Wildman–Crippen LogP) is 14.2. The van der Waals surface area contributed by atoms with Crippen LogP contribution in [0.3, 0.4) is 0 Å². The second-order valence-electron chi connectivity index (χ2n) is 16.9. The molecule has 0 radical (unpaired) electrons. The molecule has 0 atom stereocenters. The minimum absolute atomic E-state index is 0.135. The third-order valence-electron chi connectivity index (χ3n) is 13.6. The molecule has 0 spiro atoms. The number of nitrogens with zero attached hydrogens (tertiary/aromatic N) is 4. The van der Waals surface area contributed by atoms with Crippen LogP contribution >= 0.6 is 0 Å². The van der Waals surface area contributed by atoms with Gasteiger partial charge in [0.05, 0.1) is 38.8 Å². The van der Waals surface area contributed by atoms with E-state index >= 15 is 0 Å². The Morgan fingerprint density at radius 2 is 1.08 bits per heavy atom. The van der Waals surface area contributed by atoms with E-state index < -0.39 is 0 Å². The third-order valence-corrected chi connectivity index (χ3v) is 13.6. The van der Waals surface area contributed by atoms with Crippen LogP contribution in [0.25, 0.3) is 121 Å².